The summed E-state index contributed by atoms with van der Waals surface area (Å²) >= 11 is 0. The van der Waals surface area contributed by atoms with Crippen LogP contribution in [0, 0.1) is 17.7 Å². The largest absolute Gasteiger partial charge is 0.299 e. The Morgan fingerprint density at radius 3 is 3.00 bits per heavy atom. The monoisotopic (exact) mass is 340 g/mol. The standard InChI is InChI=1S/C22H29FN2/c23-20-7-3-5-16(11-20)14-25-10-4-6-17-12-18-13-19(22(17)25)15-24-9-2-1-8-21(18)24/h3,5,7,11-12,18-19,21-22H,1-2,4,6,8-10,13-15H2/t18?,19?,21-,22-/m1/s1. The van der Waals surface area contributed by atoms with E-state index in [1.165, 1.54) is 51.6 Å². The van der Waals surface area contributed by atoms with Gasteiger partial charge in [-0.3, -0.25) is 9.80 Å². The van der Waals surface area contributed by atoms with Crippen LogP contribution >= 0.6 is 0 Å². The zero-order valence-corrected chi connectivity index (χ0v) is 15.0. The Labute approximate surface area is 150 Å². The summed E-state index contributed by atoms with van der Waals surface area (Å²) in [4.78, 5) is 5.44. The first-order chi connectivity index (χ1) is 12.3. The Hall–Kier alpha value is -1.19. The molecule has 3 saturated heterocycles. The molecule has 134 valence electrons. The minimum absolute atomic E-state index is 0.109. The predicted molar refractivity (Wildman–Crippen MR) is 98.7 cm³/mol. The summed E-state index contributed by atoms with van der Waals surface area (Å²) in [5, 5.41) is 0. The molecule has 0 spiro atoms. The molecular weight excluding hydrogens is 311 g/mol. The molecule has 2 bridgehead atoms. The molecule has 1 aromatic carbocycles. The first kappa shape index (κ1) is 16.0. The van der Waals surface area contributed by atoms with Gasteiger partial charge in [0.2, 0.25) is 0 Å². The summed E-state index contributed by atoms with van der Waals surface area (Å²) in [6.45, 7) is 4.63. The number of piperidine rings is 3. The molecule has 5 rings (SSSR count). The normalized spacial score (nSPS) is 35.6. The third kappa shape index (κ3) is 2.96. The molecule has 25 heavy (non-hydrogen) atoms. The van der Waals surface area contributed by atoms with E-state index in [0.29, 0.717) is 6.04 Å². The number of hydrogen-bond acceptors (Lipinski definition) is 2. The first-order valence-electron chi connectivity index (χ1n) is 10.2. The molecule has 3 aliphatic heterocycles. The molecule has 1 aliphatic carbocycles. The topological polar surface area (TPSA) is 6.48 Å². The van der Waals surface area contributed by atoms with Crippen molar-refractivity contribution in [3.8, 4) is 0 Å². The summed E-state index contributed by atoms with van der Waals surface area (Å²) in [6.07, 6.45) is 10.8. The third-order valence-electron chi connectivity index (χ3n) is 7.04. The van der Waals surface area contributed by atoms with Crippen molar-refractivity contribution < 1.29 is 4.39 Å². The molecule has 0 amide bonds. The van der Waals surface area contributed by atoms with Crippen molar-refractivity contribution in [2.45, 2.75) is 57.2 Å². The molecule has 3 heterocycles. The lowest BCUT2D eigenvalue weighted by atomic mass is 9.68. The van der Waals surface area contributed by atoms with Gasteiger partial charge in [-0.2, -0.15) is 0 Å². The fourth-order valence-corrected chi connectivity index (χ4v) is 6.13. The lowest BCUT2D eigenvalue weighted by Crippen LogP contribution is -2.58. The van der Waals surface area contributed by atoms with Crippen LogP contribution in [0.15, 0.2) is 35.9 Å². The van der Waals surface area contributed by atoms with Gasteiger partial charge in [-0.1, -0.05) is 30.2 Å². The van der Waals surface area contributed by atoms with Gasteiger partial charge in [0.1, 0.15) is 5.82 Å². The van der Waals surface area contributed by atoms with E-state index >= 15 is 0 Å². The molecule has 0 saturated carbocycles. The Morgan fingerprint density at radius 1 is 1.12 bits per heavy atom. The fraction of sp³-hybridized carbons (Fsp3) is 0.636. The van der Waals surface area contributed by atoms with E-state index < -0.39 is 0 Å². The highest BCUT2D eigenvalue weighted by atomic mass is 19.1. The van der Waals surface area contributed by atoms with Crippen molar-refractivity contribution in [3.05, 3.63) is 47.3 Å². The van der Waals surface area contributed by atoms with Crippen LogP contribution in [0.2, 0.25) is 0 Å². The second kappa shape index (κ2) is 6.51. The van der Waals surface area contributed by atoms with E-state index in [1.54, 1.807) is 17.7 Å². The van der Waals surface area contributed by atoms with Gasteiger partial charge in [-0.25, -0.2) is 4.39 Å². The van der Waals surface area contributed by atoms with Crippen molar-refractivity contribution in [3.63, 3.8) is 0 Å². The van der Waals surface area contributed by atoms with Gasteiger partial charge >= 0.3 is 0 Å². The Balaban J connectivity index is 1.41. The van der Waals surface area contributed by atoms with E-state index in [2.05, 4.69) is 21.9 Å². The van der Waals surface area contributed by atoms with Crippen LogP contribution in [0.1, 0.15) is 44.1 Å². The van der Waals surface area contributed by atoms with Gasteiger partial charge in [-0.15, -0.1) is 0 Å². The van der Waals surface area contributed by atoms with Crippen LogP contribution in [-0.2, 0) is 6.54 Å². The van der Waals surface area contributed by atoms with E-state index in [9.17, 15) is 4.39 Å². The Morgan fingerprint density at radius 2 is 2.08 bits per heavy atom. The van der Waals surface area contributed by atoms with Gasteiger partial charge in [-0.05, 0) is 74.7 Å². The molecule has 0 radical (unpaired) electrons. The minimum Gasteiger partial charge on any atom is -0.299 e. The third-order valence-corrected chi connectivity index (χ3v) is 7.04. The smallest absolute Gasteiger partial charge is 0.123 e. The minimum atomic E-state index is -0.109. The first-order valence-corrected chi connectivity index (χ1v) is 10.2. The van der Waals surface area contributed by atoms with Gasteiger partial charge in [0.05, 0.1) is 0 Å². The van der Waals surface area contributed by atoms with Crippen molar-refractivity contribution in [1.29, 1.82) is 0 Å². The SMILES string of the molecule is Fc1cccc(CN2CCCC3=CC4CC(CN5CCCC[C@H]45)[C@@H]32)c1. The highest BCUT2D eigenvalue weighted by Gasteiger charge is 2.45. The summed E-state index contributed by atoms with van der Waals surface area (Å²) in [5.41, 5.74) is 2.82. The van der Waals surface area contributed by atoms with E-state index in [4.69, 9.17) is 0 Å². The van der Waals surface area contributed by atoms with Gasteiger partial charge in [0.25, 0.3) is 0 Å². The van der Waals surface area contributed by atoms with Crippen molar-refractivity contribution in [1.82, 2.24) is 9.80 Å². The molecular formula is C22H29FN2. The zero-order valence-electron chi connectivity index (χ0n) is 15.0. The maximum Gasteiger partial charge on any atom is 0.123 e. The Bertz CT molecular complexity index is 670. The van der Waals surface area contributed by atoms with Crippen LogP contribution in [0.3, 0.4) is 0 Å². The van der Waals surface area contributed by atoms with Crippen LogP contribution in [0.25, 0.3) is 0 Å². The second-order valence-corrected chi connectivity index (χ2v) is 8.61. The maximum atomic E-state index is 13.6. The molecule has 4 aliphatic rings. The maximum absolute atomic E-state index is 13.6. The van der Waals surface area contributed by atoms with E-state index in [0.717, 1.165) is 36.5 Å². The highest BCUT2D eigenvalue weighted by Crippen LogP contribution is 2.45. The number of likely N-dealkylation sites (tertiary alicyclic amines) is 1. The van der Waals surface area contributed by atoms with E-state index in [1.807, 2.05) is 6.07 Å². The van der Waals surface area contributed by atoms with Gasteiger partial charge in [0.15, 0.2) is 0 Å². The number of rotatable bonds is 2. The van der Waals surface area contributed by atoms with Crippen LogP contribution < -0.4 is 0 Å². The number of hydrogen-bond donors (Lipinski definition) is 0. The van der Waals surface area contributed by atoms with Crippen molar-refractivity contribution in [2.24, 2.45) is 11.8 Å². The summed E-state index contributed by atoms with van der Waals surface area (Å²) < 4.78 is 13.6. The number of benzene rings is 1. The number of fused-ring (bicyclic) bond motifs is 6. The van der Waals surface area contributed by atoms with Crippen molar-refractivity contribution >= 4 is 0 Å². The molecule has 1 aromatic rings. The molecule has 2 unspecified atom stereocenters. The summed E-state index contributed by atoms with van der Waals surface area (Å²) in [7, 11) is 0. The van der Waals surface area contributed by atoms with Crippen LogP contribution in [0.4, 0.5) is 4.39 Å². The van der Waals surface area contributed by atoms with Gasteiger partial charge < -0.3 is 0 Å². The number of halogens is 1. The molecule has 3 heteroatoms. The summed E-state index contributed by atoms with van der Waals surface area (Å²) in [6, 6.07) is 8.60. The summed E-state index contributed by atoms with van der Waals surface area (Å²) in [5.74, 6) is 1.45. The van der Waals surface area contributed by atoms with Crippen molar-refractivity contribution in [2.75, 3.05) is 19.6 Å². The van der Waals surface area contributed by atoms with Gasteiger partial charge in [0, 0.05) is 25.2 Å². The molecule has 0 N–H and O–H groups in total. The molecule has 2 nitrogen and oxygen atoms in total. The fourth-order valence-electron chi connectivity index (χ4n) is 6.13. The Kier molecular flexibility index (Phi) is 4.17. The lowest BCUT2D eigenvalue weighted by Gasteiger charge is -2.54. The predicted octanol–water partition coefficient (Wildman–Crippen LogP) is 4.22. The van der Waals surface area contributed by atoms with E-state index in [-0.39, 0.29) is 5.82 Å². The van der Waals surface area contributed by atoms with Crippen LogP contribution in [0.5, 0.6) is 0 Å². The molecule has 4 atom stereocenters. The molecule has 3 fully saturated rings. The zero-order chi connectivity index (χ0) is 16.8. The highest BCUT2D eigenvalue weighted by molar-refractivity contribution is 5.25. The lowest BCUT2D eigenvalue weighted by molar-refractivity contribution is -0.00266. The second-order valence-electron chi connectivity index (χ2n) is 8.61. The average molecular weight is 340 g/mol. The van der Waals surface area contributed by atoms with Crippen LogP contribution in [-0.4, -0.2) is 41.5 Å². The molecule has 0 aromatic heterocycles. The average Bonchev–Trinajstić information content (AvgIpc) is 2.62. The quantitative estimate of drug-likeness (QED) is 0.744. The number of nitrogens with zero attached hydrogens (tertiary/aromatic N) is 2.